The monoisotopic (exact) mass is 461 g/mol. The number of nitrogens with zero attached hydrogens (tertiary/aromatic N) is 1. The number of carbonyl (C=O) groups excluding carboxylic acids is 1. The normalized spacial score (nSPS) is 16.1. The summed E-state index contributed by atoms with van der Waals surface area (Å²) in [7, 11) is 0. The molecule has 4 rings (SSSR count). The maximum absolute atomic E-state index is 12.8. The number of amides is 1. The molecule has 0 aliphatic carbocycles. The zero-order valence-electron chi connectivity index (χ0n) is 20.6. The summed E-state index contributed by atoms with van der Waals surface area (Å²) in [5, 5.41) is 7.59. The van der Waals surface area contributed by atoms with E-state index >= 15 is 0 Å². The summed E-state index contributed by atoms with van der Waals surface area (Å²) in [6.07, 6.45) is 4.21. The number of pyridine rings is 1. The van der Waals surface area contributed by atoms with Gasteiger partial charge in [-0.25, -0.2) is 0 Å². The van der Waals surface area contributed by atoms with Gasteiger partial charge in [-0.3, -0.25) is 9.78 Å². The van der Waals surface area contributed by atoms with E-state index < -0.39 is 0 Å². The predicted octanol–water partition coefficient (Wildman–Crippen LogP) is 5.49. The Labute approximate surface area is 202 Å². The third-order valence-electron chi connectivity index (χ3n) is 5.97. The molecule has 6 nitrogen and oxygen atoms in total. The molecular formula is C28H35N3O3. The highest BCUT2D eigenvalue weighted by atomic mass is 16.5. The topological polar surface area (TPSA) is 72.5 Å². The van der Waals surface area contributed by atoms with Gasteiger partial charge >= 0.3 is 0 Å². The highest BCUT2D eigenvalue weighted by molar-refractivity contribution is 6.06. The SMILES string of the molecule is Cc1c(NC(=O)c2ccc(OC[C@H]3CCCO3)cc2)ccc2cc(CNCC(C)(C)C)cnc12. The number of hydrogen-bond acceptors (Lipinski definition) is 5. The Morgan fingerprint density at radius 3 is 2.68 bits per heavy atom. The van der Waals surface area contributed by atoms with E-state index in [0.29, 0.717) is 12.2 Å². The van der Waals surface area contributed by atoms with Crippen molar-refractivity contribution in [1.29, 1.82) is 0 Å². The number of anilines is 1. The van der Waals surface area contributed by atoms with Crippen LogP contribution >= 0.6 is 0 Å². The van der Waals surface area contributed by atoms with Crippen molar-refractivity contribution in [1.82, 2.24) is 10.3 Å². The van der Waals surface area contributed by atoms with E-state index in [9.17, 15) is 4.79 Å². The first-order chi connectivity index (χ1) is 16.3. The van der Waals surface area contributed by atoms with Gasteiger partial charge in [0.1, 0.15) is 12.4 Å². The molecule has 1 amide bonds. The van der Waals surface area contributed by atoms with E-state index in [1.165, 1.54) is 0 Å². The second-order valence-electron chi connectivity index (χ2n) is 10.2. The second kappa shape index (κ2) is 10.5. The van der Waals surface area contributed by atoms with Crippen LogP contribution < -0.4 is 15.4 Å². The lowest BCUT2D eigenvalue weighted by Gasteiger charge is -2.19. The molecule has 1 saturated heterocycles. The molecule has 1 atom stereocenters. The van der Waals surface area contributed by atoms with Crippen LogP contribution in [-0.4, -0.2) is 36.8 Å². The Morgan fingerprint density at radius 2 is 1.97 bits per heavy atom. The van der Waals surface area contributed by atoms with Crippen LogP contribution in [0.5, 0.6) is 5.75 Å². The molecule has 2 heterocycles. The number of rotatable bonds is 8. The van der Waals surface area contributed by atoms with Crippen LogP contribution in [0.3, 0.4) is 0 Å². The van der Waals surface area contributed by atoms with Crippen LogP contribution in [-0.2, 0) is 11.3 Å². The second-order valence-corrected chi connectivity index (χ2v) is 10.2. The first-order valence-electron chi connectivity index (χ1n) is 12.0. The summed E-state index contributed by atoms with van der Waals surface area (Å²) in [6, 6.07) is 13.3. The van der Waals surface area contributed by atoms with Crippen LogP contribution in [0.1, 0.15) is 55.1 Å². The van der Waals surface area contributed by atoms with Crippen molar-refractivity contribution in [2.24, 2.45) is 5.41 Å². The van der Waals surface area contributed by atoms with Crippen molar-refractivity contribution in [3.05, 3.63) is 65.4 Å². The molecule has 1 aliphatic rings. The molecule has 180 valence electrons. The number of fused-ring (bicyclic) bond motifs is 1. The van der Waals surface area contributed by atoms with Crippen molar-refractivity contribution < 1.29 is 14.3 Å². The molecule has 1 aromatic heterocycles. The molecule has 2 aromatic carbocycles. The van der Waals surface area contributed by atoms with Crippen molar-refractivity contribution in [3.8, 4) is 5.75 Å². The fraction of sp³-hybridized carbons (Fsp3) is 0.429. The summed E-state index contributed by atoms with van der Waals surface area (Å²) in [5.74, 6) is 0.585. The Kier molecular flexibility index (Phi) is 7.49. The largest absolute Gasteiger partial charge is 0.491 e. The van der Waals surface area contributed by atoms with Gasteiger partial charge in [0.05, 0.1) is 11.6 Å². The van der Waals surface area contributed by atoms with Gasteiger partial charge in [-0.15, -0.1) is 0 Å². The van der Waals surface area contributed by atoms with Gasteiger partial charge in [-0.1, -0.05) is 26.8 Å². The standard InChI is InChI=1S/C28H35N3O3/c1-19-25(12-9-22-14-20(16-30-26(19)22)15-29-18-28(2,3)4)31-27(32)21-7-10-23(11-8-21)34-17-24-6-5-13-33-24/h7-12,14,16,24,29H,5-6,13,15,17-18H2,1-4H3,(H,31,32)/t24-/m1/s1. The molecule has 34 heavy (non-hydrogen) atoms. The minimum Gasteiger partial charge on any atom is -0.491 e. The van der Waals surface area contributed by atoms with Gasteiger partial charge in [0.2, 0.25) is 0 Å². The number of ether oxygens (including phenoxy) is 2. The predicted molar refractivity (Wildman–Crippen MR) is 137 cm³/mol. The van der Waals surface area contributed by atoms with E-state index in [0.717, 1.165) is 66.0 Å². The quantitative estimate of drug-likeness (QED) is 0.464. The summed E-state index contributed by atoms with van der Waals surface area (Å²) >= 11 is 0. The maximum Gasteiger partial charge on any atom is 0.255 e. The summed E-state index contributed by atoms with van der Waals surface area (Å²) in [6.45, 7) is 11.7. The number of carbonyl (C=O) groups is 1. The fourth-order valence-corrected chi connectivity index (χ4v) is 4.07. The molecule has 2 N–H and O–H groups in total. The lowest BCUT2D eigenvalue weighted by atomic mass is 9.97. The molecule has 6 heteroatoms. The minimum atomic E-state index is -0.156. The van der Waals surface area contributed by atoms with Gasteiger partial charge in [0.25, 0.3) is 5.91 Å². The van der Waals surface area contributed by atoms with E-state index in [-0.39, 0.29) is 17.4 Å². The highest BCUT2D eigenvalue weighted by Gasteiger charge is 2.16. The molecule has 0 bridgehead atoms. The summed E-state index contributed by atoms with van der Waals surface area (Å²) in [4.78, 5) is 17.5. The van der Waals surface area contributed by atoms with Crippen LogP contribution in [0.4, 0.5) is 5.69 Å². The molecule has 0 saturated carbocycles. The van der Waals surface area contributed by atoms with Gasteiger partial charge < -0.3 is 20.1 Å². The fourth-order valence-electron chi connectivity index (χ4n) is 4.07. The van der Waals surface area contributed by atoms with Crippen molar-refractivity contribution in [2.75, 3.05) is 25.1 Å². The first kappa shape index (κ1) is 24.2. The molecule has 1 aliphatic heterocycles. The van der Waals surface area contributed by atoms with Crippen LogP contribution in [0, 0.1) is 12.3 Å². The van der Waals surface area contributed by atoms with Crippen LogP contribution in [0.2, 0.25) is 0 Å². The first-order valence-corrected chi connectivity index (χ1v) is 12.0. The Morgan fingerprint density at radius 1 is 1.18 bits per heavy atom. The maximum atomic E-state index is 12.8. The van der Waals surface area contributed by atoms with Crippen molar-refractivity contribution >= 4 is 22.5 Å². The number of aryl methyl sites for hydroxylation is 1. The third-order valence-corrected chi connectivity index (χ3v) is 5.97. The van der Waals surface area contributed by atoms with E-state index in [2.05, 4.69) is 42.5 Å². The number of nitrogens with one attached hydrogen (secondary N) is 2. The zero-order valence-corrected chi connectivity index (χ0v) is 20.6. The summed E-state index contributed by atoms with van der Waals surface area (Å²) < 4.78 is 11.4. The molecule has 0 unspecified atom stereocenters. The average molecular weight is 462 g/mol. The third kappa shape index (κ3) is 6.33. The molecule has 0 spiro atoms. The van der Waals surface area contributed by atoms with Gasteiger partial charge in [0.15, 0.2) is 0 Å². The van der Waals surface area contributed by atoms with E-state index in [1.807, 2.05) is 37.4 Å². The lowest BCUT2D eigenvalue weighted by Crippen LogP contribution is -2.26. The van der Waals surface area contributed by atoms with E-state index in [1.54, 1.807) is 12.1 Å². The number of hydrogen-bond donors (Lipinski definition) is 2. The lowest BCUT2D eigenvalue weighted by molar-refractivity contribution is 0.0679. The zero-order chi connectivity index (χ0) is 24.1. The summed E-state index contributed by atoms with van der Waals surface area (Å²) in [5.41, 5.74) is 4.59. The van der Waals surface area contributed by atoms with Crippen LogP contribution in [0.15, 0.2) is 48.7 Å². The Balaban J connectivity index is 1.38. The van der Waals surface area contributed by atoms with Crippen molar-refractivity contribution in [2.45, 2.75) is 53.2 Å². The van der Waals surface area contributed by atoms with Gasteiger partial charge in [-0.2, -0.15) is 0 Å². The van der Waals surface area contributed by atoms with Crippen LogP contribution in [0.25, 0.3) is 10.9 Å². The number of aromatic nitrogens is 1. The Bertz CT molecular complexity index is 1130. The smallest absolute Gasteiger partial charge is 0.255 e. The van der Waals surface area contributed by atoms with Gasteiger partial charge in [0, 0.05) is 42.5 Å². The molecule has 1 fully saturated rings. The highest BCUT2D eigenvalue weighted by Crippen LogP contribution is 2.25. The Hall–Kier alpha value is -2.96. The molecule has 3 aromatic rings. The van der Waals surface area contributed by atoms with E-state index in [4.69, 9.17) is 9.47 Å². The number of benzene rings is 2. The molecular weight excluding hydrogens is 426 g/mol. The minimum absolute atomic E-state index is 0.156. The van der Waals surface area contributed by atoms with Crippen molar-refractivity contribution in [3.63, 3.8) is 0 Å². The van der Waals surface area contributed by atoms with Gasteiger partial charge in [-0.05, 0) is 72.7 Å². The average Bonchev–Trinajstić information content (AvgIpc) is 3.33. The molecule has 0 radical (unpaired) electrons.